The Kier molecular flexibility index (Phi) is 29.8. The second-order valence-corrected chi connectivity index (χ2v) is 11.3. The van der Waals surface area contributed by atoms with Crippen LogP contribution in [0.4, 0.5) is 0 Å². The third kappa shape index (κ3) is 26.1. The first-order chi connectivity index (χ1) is 18.6. The summed E-state index contributed by atoms with van der Waals surface area (Å²) in [7, 11) is -0.470. The lowest BCUT2D eigenvalue weighted by Gasteiger charge is -2.23. The molecule has 0 bridgehead atoms. The Morgan fingerprint density at radius 1 is 0.526 bits per heavy atom. The van der Waals surface area contributed by atoms with Crippen molar-refractivity contribution in [3.63, 3.8) is 0 Å². The SMILES string of the molecule is CCCCCCCCCOP(=O)(OCCCCCCCCC)OCCN(CCOCCOC)CCOOC. The molecule has 0 rings (SSSR count). The van der Waals surface area contributed by atoms with Crippen LogP contribution in [-0.2, 0) is 37.4 Å². The second-order valence-electron chi connectivity index (χ2n) is 9.62. The fraction of sp³-hybridized carbons (Fsp3) is 1.00. The first kappa shape index (κ1) is 37.9. The maximum atomic E-state index is 13.4. The van der Waals surface area contributed by atoms with E-state index in [4.69, 9.17) is 32.8 Å². The minimum atomic E-state index is -3.61. The van der Waals surface area contributed by atoms with E-state index in [1.165, 1.54) is 71.3 Å². The van der Waals surface area contributed by atoms with Crippen molar-refractivity contribution in [1.29, 1.82) is 0 Å². The minimum absolute atomic E-state index is 0.233. The lowest BCUT2D eigenvalue weighted by molar-refractivity contribution is -0.273. The Labute approximate surface area is 234 Å². The predicted molar refractivity (Wildman–Crippen MR) is 154 cm³/mol. The molecule has 0 aliphatic carbocycles. The van der Waals surface area contributed by atoms with E-state index in [1.807, 2.05) is 0 Å². The Morgan fingerprint density at radius 2 is 1.00 bits per heavy atom. The fourth-order valence-electron chi connectivity index (χ4n) is 3.89. The number of nitrogens with zero attached hydrogens (tertiary/aromatic N) is 1. The maximum Gasteiger partial charge on any atom is 0.474 e. The molecule has 0 saturated carbocycles. The van der Waals surface area contributed by atoms with E-state index < -0.39 is 7.82 Å². The normalized spacial score (nSPS) is 12.1. The number of methoxy groups -OCH3 is 1. The van der Waals surface area contributed by atoms with Gasteiger partial charge in [0.1, 0.15) is 0 Å². The zero-order valence-electron chi connectivity index (χ0n) is 25.1. The summed E-state index contributed by atoms with van der Waals surface area (Å²) in [6.45, 7) is 9.39. The van der Waals surface area contributed by atoms with Gasteiger partial charge < -0.3 is 9.47 Å². The fourth-order valence-corrected chi connectivity index (χ4v) is 5.12. The van der Waals surface area contributed by atoms with Crippen LogP contribution in [0.3, 0.4) is 0 Å². The van der Waals surface area contributed by atoms with Gasteiger partial charge in [-0.3, -0.25) is 18.5 Å². The van der Waals surface area contributed by atoms with Gasteiger partial charge in [-0.05, 0) is 12.8 Å². The molecule has 0 aliphatic rings. The molecular weight excluding hydrogens is 509 g/mol. The van der Waals surface area contributed by atoms with Gasteiger partial charge in [-0.2, -0.15) is 0 Å². The molecule has 0 amide bonds. The van der Waals surface area contributed by atoms with Gasteiger partial charge in [-0.15, -0.1) is 0 Å². The number of unbranched alkanes of at least 4 members (excludes halogenated alkanes) is 12. The highest BCUT2D eigenvalue weighted by Crippen LogP contribution is 2.49. The van der Waals surface area contributed by atoms with Crippen LogP contribution in [0.1, 0.15) is 104 Å². The van der Waals surface area contributed by atoms with Gasteiger partial charge in [-0.1, -0.05) is 90.9 Å². The second kappa shape index (κ2) is 29.9. The summed E-state index contributed by atoms with van der Waals surface area (Å²) in [4.78, 5) is 11.8. The first-order valence-corrected chi connectivity index (χ1v) is 16.6. The molecule has 38 heavy (non-hydrogen) atoms. The van der Waals surface area contributed by atoms with Gasteiger partial charge in [0, 0.05) is 26.7 Å². The molecule has 0 radical (unpaired) electrons. The third-order valence-electron chi connectivity index (χ3n) is 6.24. The van der Waals surface area contributed by atoms with Crippen molar-refractivity contribution in [1.82, 2.24) is 4.90 Å². The van der Waals surface area contributed by atoms with E-state index in [-0.39, 0.29) is 6.61 Å². The molecular formula is C28H60NO8P. The molecule has 0 aromatic carbocycles. The van der Waals surface area contributed by atoms with Crippen molar-refractivity contribution in [3.05, 3.63) is 0 Å². The van der Waals surface area contributed by atoms with Gasteiger partial charge >= 0.3 is 7.82 Å². The Balaban J connectivity index is 4.56. The predicted octanol–water partition coefficient (Wildman–Crippen LogP) is 7.19. The highest BCUT2D eigenvalue weighted by Gasteiger charge is 2.26. The van der Waals surface area contributed by atoms with Crippen LogP contribution >= 0.6 is 7.82 Å². The Morgan fingerprint density at radius 3 is 1.53 bits per heavy atom. The van der Waals surface area contributed by atoms with Gasteiger partial charge in [0.2, 0.25) is 0 Å². The zero-order chi connectivity index (χ0) is 28.0. The summed E-state index contributed by atoms with van der Waals surface area (Å²) in [5.41, 5.74) is 0. The molecule has 0 fully saturated rings. The van der Waals surface area contributed by atoms with E-state index in [0.29, 0.717) is 59.3 Å². The highest BCUT2D eigenvalue weighted by atomic mass is 31.2. The van der Waals surface area contributed by atoms with Crippen molar-refractivity contribution >= 4 is 7.82 Å². The lowest BCUT2D eigenvalue weighted by Crippen LogP contribution is -2.34. The molecule has 0 heterocycles. The van der Waals surface area contributed by atoms with E-state index in [9.17, 15) is 4.57 Å². The molecule has 0 atom stereocenters. The Hall–Kier alpha value is -0.0900. The maximum absolute atomic E-state index is 13.4. The minimum Gasteiger partial charge on any atom is -0.382 e. The van der Waals surface area contributed by atoms with Gasteiger partial charge in [-0.25, -0.2) is 14.3 Å². The summed E-state index contributed by atoms with van der Waals surface area (Å²) in [5, 5.41) is 0. The summed E-state index contributed by atoms with van der Waals surface area (Å²) in [6.07, 6.45) is 16.3. The number of hydrogen-bond acceptors (Lipinski definition) is 9. The van der Waals surface area contributed by atoms with Gasteiger partial charge in [0.25, 0.3) is 0 Å². The van der Waals surface area contributed by atoms with Gasteiger partial charge in [0.15, 0.2) is 0 Å². The van der Waals surface area contributed by atoms with Crippen LogP contribution < -0.4 is 0 Å². The van der Waals surface area contributed by atoms with Crippen molar-refractivity contribution in [2.45, 2.75) is 104 Å². The van der Waals surface area contributed by atoms with Crippen LogP contribution in [0.5, 0.6) is 0 Å². The summed E-state index contributed by atoms with van der Waals surface area (Å²) in [5.74, 6) is 0. The number of hydrogen-bond donors (Lipinski definition) is 0. The van der Waals surface area contributed by atoms with Crippen LogP contribution in [0.15, 0.2) is 0 Å². The molecule has 0 spiro atoms. The molecule has 9 nitrogen and oxygen atoms in total. The first-order valence-electron chi connectivity index (χ1n) is 15.1. The number of phosphoric ester groups is 1. The summed E-state index contributed by atoms with van der Waals surface area (Å²) in [6, 6.07) is 0. The molecule has 0 aromatic rings. The topological polar surface area (TPSA) is 84.9 Å². The van der Waals surface area contributed by atoms with E-state index in [1.54, 1.807) is 7.11 Å². The monoisotopic (exact) mass is 569 g/mol. The van der Waals surface area contributed by atoms with Crippen molar-refractivity contribution in [2.75, 3.05) is 80.1 Å². The number of phosphoric acid groups is 1. The molecule has 0 unspecified atom stereocenters. The van der Waals surface area contributed by atoms with Crippen LogP contribution in [0.25, 0.3) is 0 Å². The largest absolute Gasteiger partial charge is 0.474 e. The average Bonchev–Trinajstić information content (AvgIpc) is 2.91. The van der Waals surface area contributed by atoms with Crippen molar-refractivity contribution in [2.24, 2.45) is 0 Å². The van der Waals surface area contributed by atoms with E-state index >= 15 is 0 Å². The molecule has 10 heteroatoms. The van der Waals surface area contributed by atoms with Gasteiger partial charge in [0.05, 0.1) is 53.4 Å². The smallest absolute Gasteiger partial charge is 0.382 e. The number of rotatable bonds is 32. The zero-order valence-corrected chi connectivity index (χ0v) is 26.0. The number of ether oxygens (including phenoxy) is 2. The summed E-state index contributed by atoms with van der Waals surface area (Å²) < 4.78 is 41.2. The van der Waals surface area contributed by atoms with Crippen LogP contribution in [0.2, 0.25) is 0 Å². The van der Waals surface area contributed by atoms with E-state index in [2.05, 4.69) is 18.7 Å². The van der Waals surface area contributed by atoms with Crippen LogP contribution in [-0.4, -0.2) is 85.0 Å². The molecule has 0 saturated heterocycles. The molecule has 0 N–H and O–H groups in total. The lowest BCUT2D eigenvalue weighted by atomic mass is 10.1. The molecule has 230 valence electrons. The standard InChI is InChI=1S/C28H60NO8P/c1-5-7-9-11-13-15-17-22-35-38(30,36-23-18-16-14-12-10-8-6-2)37-26-21-29(20-25-34-32-4)19-24-33-28-27-31-3/h5-28H2,1-4H3. The quantitative estimate of drug-likeness (QED) is 0.0362. The van der Waals surface area contributed by atoms with Crippen molar-refractivity contribution < 1.29 is 37.4 Å². The molecule has 0 aliphatic heterocycles. The van der Waals surface area contributed by atoms with Crippen LogP contribution in [0, 0.1) is 0 Å². The molecule has 0 aromatic heterocycles. The highest BCUT2D eigenvalue weighted by molar-refractivity contribution is 7.48. The van der Waals surface area contributed by atoms with Crippen molar-refractivity contribution in [3.8, 4) is 0 Å². The summed E-state index contributed by atoms with van der Waals surface area (Å²) >= 11 is 0. The Bertz CT molecular complexity index is 491. The third-order valence-corrected chi connectivity index (χ3v) is 7.74. The van der Waals surface area contributed by atoms with E-state index in [0.717, 1.165) is 25.7 Å². The average molecular weight is 570 g/mol.